The highest BCUT2D eigenvalue weighted by Crippen LogP contribution is 2.25. The molecule has 0 atom stereocenters. The summed E-state index contributed by atoms with van der Waals surface area (Å²) in [6, 6.07) is 5.73. The molecule has 5 nitrogen and oxygen atoms in total. The fraction of sp³-hybridized carbons (Fsp3) is 0. The third-order valence-electron chi connectivity index (χ3n) is 2.32. The van der Waals surface area contributed by atoms with Gasteiger partial charge in [0, 0.05) is 4.47 Å². The summed E-state index contributed by atoms with van der Waals surface area (Å²) < 4.78 is 5.37. The molecule has 19 heavy (non-hydrogen) atoms. The summed E-state index contributed by atoms with van der Waals surface area (Å²) in [6.45, 7) is 0. The number of carboxylic acids is 1. The van der Waals surface area contributed by atoms with Gasteiger partial charge in [-0.25, -0.2) is 4.79 Å². The van der Waals surface area contributed by atoms with E-state index in [9.17, 15) is 9.59 Å². The predicted molar refractivity (Wildman–Crippen MR) is 72.8 cm³/mol. The largest absolute Gasteiger partial charge is 0.478 e. The van der Waals surface area contributed by atoms with Crippen molar-refractivity contribution in [2.45, 2.75) is 0 Å². The van der Waals surface area contributed by atoms with Crippen LogP contribution in [-0.4, -0.2) is 17.0 Å². The van der Waals surface area contributed by atoms with Gasteiger partial charge in [-0.05, 0) is 51.8 Å². The molecule has 7 heteroatoms. The lowest BCUT2D eigenvalue weighted by atomic mass is 10.2. The number of benzene rings is 1. The molecular weight excluding hydrogens is 337 g/mol. The number of hydrogen-bond acceptors (Lipinski definition) is 3. The Hall–Kier alpha value is -1.79. The van der Waals surface area contributed by atoms with E-state index in [4.69, 9.17) is 21.1 Å². The molecule has 1 heterocycles. The first-order valence-corrected chi connectivity index (χ1v) is 6.23. The van der Waals surface area contributed by atoms with Gasteiger partial charge in [-0.2, -0.15) is 0 Å². The van der Waals surface area contributed by atoms with Crippen LogP contribution in [0.4, 0.5) is 5.69 Å². The van der Waals surface area contributed by atoms with Crippen molar-refractivity contribution in [3.05, 3.63) is 51.3 Å². The van der Waals surface area contributed by atoms with Gasteiger partial charge in [0.05, 0.1) is 23.1 Å². The van der Waals surface area contributed by atoms with Crippen LogP contribution < -0.4 is 5.32 Å². The van der Waals surface area contributed by atoms with Gasteiger partial charge in [-0.1, -0.05) is 0 Å². The lowest BCUT2D eigenvalue weighted by molar-refractivity contribution is 0.0696. The maximum absolute atomic E-state index is 11.9. The molecule has 1 amide bonds. The molecule has 98 valence electrons. The molecule has 2 rings (SSSR count). The number of carbonyl (C=O) groups excluding carboxylic acids is 1. The highest BCUT2D eigenvalue weighted by molar-refractivity contribution is 9.10. The second-order valence-electron chi connectivity index (χ2n) is 3.56. The minimum Gasteiger partial charge on any atom is -0.478 e. The first-order valence-electron chi connectivity index (χ1n) is 5.06. The van der Waals surface area contributed by atoms with E-state index in [2.05, 4.69) is 21.2 Å². The van der Waals surface area contributed by atoms with E-state index < -0.39 is 11.9 Å². The molecule has 0 saturated carbocycles. The molecule has 0 aliphatic heterocycles. The van der Waals surface area contributed by atoms with E-state index in [-0.39, 0.29) is 16.3 Å². The molecule has 0 aliphatic rings. The Morgan fingerprint density at radius 3 is 2.63 bits per heavy atom. The van der Waals surface area contributed by atoms with Gasteiger partial charge < -0.3 is 14.8 Å². The minimum atomic E-state index is -1.08. The summed E-state index contributed by atoms with van der Waals surface area (Å²) in [4.78, 5) is 22.8. The summed E-state index contributed by atoms with van der Waals surface area (Å²) in [5.41, 5.74) is 0.577. The third kappa shape index (κ3) is 2.97. The van der Waals surface area contributed by atoms with E-state index in [1.165, 1.54) is 30.5 Å². The van der Waals surface area contributed by atoms with Gasteiger partial charge in [0.15, 0.2) is 0 Å². The summed E-state index contributed by atoms with van der Waals surface area (Å²) in [7, 11) is 0. The third-order valence-corrected chi connectivity index (χ3v) is 3.31. The normalized spacial score (nSPS) is 10.2. The fourth-order valence-electron chi connectivity index (χ4n) is 1.40. The van der Waals surface area contributed by atoms with Gasteiger partial charge in [-0.15, -0.1) is 0 Å². The van der Waals surface area contributed by atoms with Crippen LogP contribution in [0.25, 0.3) is 0 Å². The Labute approximate surface area is 121 Å². The fourth-order valence-corrected chi connectivity index (χ4v) is 1.95. The van der Waals surface area contributed by atoms with E-state index >= 15 is 0 Å². The van der Waals surface area contributed by atoms with Crippen LogP contribution in [0.1, 0.15) is 20.7 Å². The number of hydrogen-bond donors (Lipinski definition) is 2. The van der Waals surface area contributed by atoms with E-state index in [0.717, 1.165) is 0 Å². The summed E-state index contributed by atoms with van der Waals surface area (Å²) in [5.74, 6) is -1.56. The average Bonchev–Trinajstić information content (AvgIpc) is 2.78. The minimum absolute atomic E-state index is 0.0250. The molecule has 0 aliphatic carbocycles. The number of nitrogens with one attached hydrogen (secondary N) is 1. The second-order valence-corrected chi connectivity index (χ2v) is 4.76. The van der Waals surface area contributed by atoms with Crippen molar-refractivity contribution >= 4 is 45.1 Å². The topological polar surface area (TPSA) is 79.5 Å². The van der Waals surface area contributed by atoms with E-state index in [0.29, 0.717) is 10.2 Å². The van der Waals surface area contributed by atoms with Crippen molar-refractivity contribution in [1.29, 1.82) is 0 Å². The van der Waals surface area contributed by atoms with Crippen molar-refractivity contribution in [2.24, 2.45) is 0 Å². The number of aromatic carboxylic acids is 1. The molecule has 0 saturated heterocycles. The van der Waals surface area contributed by atoms with Crippen molar-refractivity contribution in [1.82, 2.24) is 0 Å². The van der Waals surface area contributed by atoms with Crippen LogP contribution in [0.2, 0.25) is 5.22 Å². The van der Waals surface area contributed by atoms with Gasteiger partial charge in [-0.3, -0.25) is 4.79 Å². The van der Waals surface area contributed by atoms with Gasteiger partial charge in [0.2, 0.25) is 5.22 Å². The monoisotopic (exact) mass is 343 g/mol. The van der Waals surface area contributed by atoms with Gasteiger partial charge in [0.1, 0.15) is 0 Å². The first kappa shape index (κ1) is 13.6. The van der Waals surface area contributed by atoms with Crippen molar-refractivity contribution in [3.63, 3.8) is 0 Å². The lowest BCUT2D eigenvalue weighted by Gasteiger charge is -2.07. The molecule has 0 spiro atoms. The van der Waals surface area contributed by atoms with Crippen molar-refractivity contribution < 1.29 is 19.1 Å². The van der Waals surface area contributed by atoms with Crippen LogP contribution in [0.15, 0.2) is 39.4 Å². The van der Waals surface area contributed by atoms with Crippen LogP contribution in [0.3, 0.4) is 0 Å². The van der Waals surface area contributed by atoms with Crippen LogP contribution in [0, 0.1) is 0 Å². The van der Waals surface area contributed by atoms with Crippen LogP contribution in [0.5, 0.6) is 0 Å². The highest BCUT2D eigenvalue weighted by atomic mass is 79.9. The first-order chi connectivity index (χ1) is 8.99. The molecule has 2 N–H and O–H groups in total. The number of halogens is 2. The smallest absolute Gasteiger partial charge is 0.335 e. The number of carboxylic acid groups (broad SMARTS) is 1. The van der Waals surface area contributed by atoms with Crippen LogP contribution in [-0.2, 0) is 0 Å². The Kier molecular flexibility index (Phi) is 3.92. The molecule has 1 aromatic heterocycles. The average molecular weight is 345 g/mol. The molecule has 2 aromatic rings. The maximum Gasteiger partial charge on any atom is 0.335 e. The quantitative estimate of drug-likeness (QED) is 0.891. The van der Waals surface area contributed by atoms with Crippen molar-refractivity contribution in [3.8, 4) is 0 Å². The number of amides is 1. The maximum atomic E-state index is 11.9. The number of anilines is 1. The van der Waals surface area contributed by atoms with Gasteiger partial charge >= 0.3 is 5.97 Å². The Morgan fingerprint density at radius 1 is 1.32 bits per heavy atom. The van der Waals surface area contributed by atoms with E-state index in [1.54, 1.807) is 0 Å². The molecule has 1 aromatic carbocycles. The van der Waals surface area contributed by atoms with E-state index in [1.807, 2.05) is 0 Å². The Balaban J connectivity index is 2.28. The standard InChI is InChI=1S/C12H7BrClNO4/c13-8-2-1-6(12(17)18)5-9(8)15-11(16)7-3-4-19-10(7)14/h1-5H,(H,15,16)(H,17,18). The zero-order valence-electron chi connectivity index (χ0n) is 9.31. The molecule has 0 radical (unpaired) electrons. The summed E-state index contributed by atoms with van der Waals surface area (Å²) in [5, 5.41) is 11.4. The van der Waals surface area contributed by atoms with Crippen LogP contribution >= 0.6 is 27.5 Å². The molecular formula is C12H7BrClNO4. The zero-order valence-corrected chi connectivity index (χ0v) is 11.7. The Morgan fingerprint density at radius 2 is 2.05 bits per heavy atom. The highest BCUT2D eigenvalue weighted by Gasteiger charge is 2.15. The predicted octanol–water partition coefficient (Wildman–Crippen LogP) is 3.65. The summed E-state index contributed by atoms with van der Waals surface area (Å²) in [6.07, 6.45) is 1.29. The molecule has 0 unspecified atom stereocenters. The number of rotatable bonds is 3. The molecule has 0 fully saturated rings. The SMILES string of the molecule is O=C(O)c1ccc(Br)c(NC(=O)c2ccoc2Cl)c1. The lowest BCUT2D eigenvalue weighted by Crippen LogP contribution is -2.12. The number of furan rings is 1. The summed E-state index contributed by atoms with van der Waals surface area (Å²) >= 11 is 8.91. The zero-order chi connectivity index (χ0) is 14.0. The second kappa shape index (κ2) is 5.46. The van der Waals surface area contributed by atoms with Crippen molar-refractivity contribution in [2.75, 3.05) is 5.32 Å². The molecule has 0 bridgehead atoms. The number of carbonyl (C=O) groups is 2. The Bertz CT molecular complexity index is 653. The van der Waals surface area contributed by atoms with Gasteiger partial charge in [0.25, 0.3) is 5.91 Å².